The quantitative estimate of drug-likeness (QED) is 0.351. The van der Waals surface area contributed by atoms with E-state index in [1.165, 1.54) is 0 Å². The maximum atomic E-state index is 12.6. The Morgan fingerprint density at radius 1 is 1.67 bits per heavy atom. The molecule has 0 amide bonds. The van der Waals surface area contributed by atoms with Crippen LogP contribution in [0, 0.1) is 13.7 Å². The summed E-state index contributed by atoms with van der Waals surface area (Å²) in [6.07, 6.45) is -3.31. The Labute approximate surface area is 114 Å². The molecule has 9 heteroatoms. The Morgan fingerprint density at radius 3 is 2.72 bits per heavy atom. The third-order valence-corrected chi connectivity index (χ3v) is 2.94. The Kier molecular flexibility index (Phi) is 4.87. The molecule has 0 atom stereocenters. The highest BCUT2D eigenvalue weighted by atomic mass is 127. The van der Waals surface area contributed by atoms with Gasteiger partial charge in [0.2, 0.25) is 0 Å². The summed E-state index contributed by atoms with van der Waals surface area (Å²) in [6, 6.07) is 0.953. The van der Waals surface area contributed by atoms with Gasteiger partial charge < -0.3 is 14.9 Å². The zero-order valence-electron chi connectivity index (χ0n) is 9.02. The van der Waals surface area contributed by atoms with Gasteiger partial charge in [0.05, 0.1) is 10.7 Å². The first kappa shape index (κ1) is 14.7. The van der Waals surface area contributed by atoms with Crippen molar-refractivity contribution in [3.05, 3.63) is 31.0 Å². The number of nitrogens with zero attached hydrogens (tertiary/aromatic N) is 2. The van der Waals surface area contributed by atoms with Gasteiger partial charge in [-0.3, -0.25) is 4.79 Å². The zero-order chi connectivity index (χ0) is 13.9. The molecule has 0 aliphatic heterocycles. The summed E-state index contributed by atoms with van der Waals surface area (Å²) in [7, 11) is 1.15. The lowest BCUT2D eigenvalue weighted by Gasteiger charge is -2.04. The van der Waals surface area contributed by atoms with Crippen LogP contribution in [-0.2, 0) is 16.0 Å². The number of nitro groups is 1. The summed E-state index contributed by atoms with van der Waals surface area (Å²) >= 11 is 1.68. The van der Waals surface area contributed by atoms with Gasteiger partial charge in [-0.1, -0.05) is 0 Å². The normalized spacial score (nSPS) is 10.5. The van der Waals surface area contributed by atoms with Gasteiger partial charge >= 0.3 is 11.8 Å². The molecule has 0 fully saturated rings. The Balaban J connectivity index is 3.27. The van der Waals surface area contributed by atoms with Crippen LogP contribution in [0.15, 0.2) is 6.07 Å². The molecule has 0 aromatic carbocycles. The first-order chi connectivity index (χ1) is 8.36. The highest BCUT2D eigenvalue weighted by Gasteiger charge is 2.27. The van der Waals surface area contributed by atoms with Crippen LogP contribution in [-0.4, -0.2) is 23.0 Å². The van der Waals surface area contributed by atoms with Gasteiger partial charge in [0, 0.05) is 0 Å². The third kappa shape index (κ3) is 3.31. The van der Waals surface area contributed by atoms with Crippen LogP contribution in [0.2, 0.25) is 0 Å². The van der Waals surface area contributed by atoms with Crippen molar-refractivity contribution < 1.29 is 23.2 Å². The van der Waals surface area contributed by atoms with Crippen LogP contribution < -0.4 is 0 Å². The lowest BCUT2D eigenvalue weighted by atomic mass is 10.2. The molecule has 0 radical (unpaired) electrons. The van der Waals surface area contributed by atoms with Crippen LogP contribution >= 0.6 is 22.6 Å². The number of esters is 1. The lowest BCUT2D eigenvalue weighted by molar-refractivity contribution is -0.391. The smallest absolute Gasteiger partial charge is 0.372 e. The molecule has 1 aromatic rings. The predicted molar refractivity (Wildman–Crippen MR) is 64.3 cm³/mol. The van der Waals surface area contributed by atoms with E-state index in [4.69, 9.17) is 0 Å². The summed E-state index contributed by atoms with van der Waals surface area (Å²) in [5.41, 5.74) is -0.725. The minimum atomic E-state index is -3.00. The number of hydrogen-bond acceptors (Lipinski definition) is 5. The van der Waals surface area contributed by atoms with Gasteiger partial charge in [0.15, 0.2) is 5.69 Å². The van der Waals surface area contributed by atoms with Crippen molar-refractivity contribution in [2.75, 3.05) is 7.11 Å². The van der Waals surface area contributed by atoms with Crippen molar-refractivity contribution in [3.8, 4) is 0 Å². The Bertz CT molecular complexity index is 496. The number of pyridine rings is 1. The molecule has 0 saturated carbocycles. The van der Waals surface area contributed by atoms with E-state index in [0.717, 1.165) is 13.2 Å². The van der Waals surface area contributed by atoms with Crippen LogP contribution in [0.5, 0.6) is 0 Å². The molecule has 0 N–H and O–H groups in total. The summed E-state index contributed by atoms with van der Waals surface area (Å²) in [5.74, 6) is -1.59. The lowest BCUT2D eigenvalue weighted by Crippen LogP contribution is -2.10. The summed E-state index contributed by atoms with van der Waals surface area (Å²) in [5, 5.41) is 10.6. The van der Waals surface area contributed by atoms with E-state index in [1.54, 1.807) is 22.6 Å². The number of aromatic nitrogens is 1. The number of ether oxygens (including phenoxy) is 1. The monoisotopic (exact) mass is 372 g/mol. The number of methoxy groups -OCH3 is 1. The van der Waals surface area contributed by atoms with Crippen molar-refractivity contribution in [2.24, 2.45) is 0 Å². The van der Waals surface area contributed by atoms with Crippen LogP contribution in [0.4, 0.5) is 14.6 Å². The molecular formula is C9H7F2IN2O4. The molecule has 6 nitrogen and oxygen atoms in total. The van der Waals surface area contributed by atoms with Gasteiger partial charge in [0.25, 0.3) is 6.43 Å². The molecule has 0 saturated heterocycles. The fourth-order valence-electron chi connectivity index (χ4n) is 1.17. The van der Waals surface area contributed by atoms with Gasteiger partial charge in [-0.15, -0.1) is 0 Å². The highest BCUT2D eigenvalue weighted by molar-refractivity contribution is 14.1. The number of carbonyl (C=O) groups is 1. The number of hydrogen-bond donors (Lipinski definition) is 0. The molecule has 0 bridgehead atoms. The van der Waals surface area contributed by atoms with E-state index in [9.17, 15) is 23.7 Å². The van der Waals surface area contributed by atoms with E-state index in [-0.39, 0.29) is 15.7 Å². The first-order valence-corrected chi connectivity index (χ1v) is 5.63. The van der Waals surface area contributed by atoms with Gasteiger partial charge in [-0.2, -0.15) is 0 Å². The highest BCUT2D eigenvalue weighted by Crippen LogP contribution is 2.30. The fourth-order valence-corrected chi connectivity index (χ4v) is 1.82. The largest absolute Gasteiger partial charge is 0.469 e. The van der Waals surface area contributed by atoms with E-state index in [1.807, 2.05) is 0 Å². The molecule has 18 heavy (non-hydrogen) atoms. The summed E-state index contributed by atoms with van der Waals surface area (Å²) in [6.45, 7) is 0. The third-order valence-electron chi connectivity index (χ3n) is 2.00. The second-order valence-corrected chi connectivity index (χ2v) is 4.30. The van der Waals surface area contributed by atoms with Crippen molar-refractivity contribution in [2.45, 2.75) is 12.8 Å². The maximum Gasteiger partial charge on any atom is 0.372 e. The SMILES string of the molecule is COC(=O)Cc1nc([N+](=O)[O-])c(C(F)F)cc1I. The van der Waals surface area contributed by atoms with E-state index in [0.29, 0.717) is 0 Å². The summed E-state index contributed by atoms with van der Waals surface area (Å²) in [4.78, 5) is 24.2. The fraction of sp³-hybridized carbons (Fsp3) is 0.333. The first-order valence-electron chi connectivity index (χ1n) is 4.55. The maximum absolute atomic E-state index is 12.6. The Hall–Kier alpha value is -1.39. The van der Waals surface area contributed by atoms with Gasteiger partial charge in [-0.05, 0) is 38.6 Å². The van der Waals surface area contributed by atoms with Crippen molar-refractivity contribution in [1.82, 2.24) is 4.98 Å². The van der Waals surface area contributed by atoms with Gasteiger partial charge in [0.1, 0.15) is 12.0 Å². The number of alkyl halides is 2. The van der Waals surface area contributed by atoms with Crippen LogP contribution in [0.3, 0.4) is 0 Å². The number of halogens is 3. The average molecular weight is 372 g/mol. The molecule has 1 rings (SSSR count). The number of carbonyl (C=O) groups excluding carboxylic acids is 1. The molecule has 0 aliphatic rings. The standard InChI is InChI=1S/C9H7F2IN2O4/c1-18-7(15)3-6-5(12)2-4(8(10)11)9(13-6)14(16)17/h2,8H,3H2,1H3. The molecule has 0 spiro atoms. The van der Waals surface area contributed by atoms with Crippen molar-refractivity contribution in [1.29, 1.82) is 0 Å². The predicted octanol–water partition coefficient (Wildman–Crippen LogP) is 2.25. The van der Waals surface area contributed by atoms with E-state index in [2.05, 4.69) is 9.72 Å². The molecular weight excluding hydrogens is 365 g/mol. The minimum Gasteiger partial charge on any atom is -0.469 e. The second kappa shape index (κ2) is 5.98. The van der Waals surface area contributed by atoms with Crippen LogP contribution in [0.25, 0.3) is 0 Å². The Morgan fingerprint density at radius 2 is 2.28 bits per heavy atom. The minimum absolute atomic E-state index is 0.0403. The van der Waals surface area contributed by atoms with E-state index < -0.39 is 28.7 Å². The van der Waals surface area contributed by atoms with Crippen molar-refractivity contribution >= 4 is 34.4 Å². The van der Waals surface area contributed by atoms with Gasteiger partial charge in [-0.25, -0.2) is 8.78 Å². The second-order valence-electron chi connectivity index (χ2n) is 3.14. The molecule has 0 aliphatic carbocycles. The number of rotatable bonds is 4. The molecule has 98 valence electrons. The summed E-state index contributed by atoms with van der Waals surface area (Å²) < 4.78 is 29.8. The molecule has 1 aromatic heterocycles. The molecule has 1 heterocycles. The van der Waals surface area contributed by atoms with Crippen molar-refractivity contribution in [3.63, 3.8) is 0 Å². The topological polar surface area (TPSA) is 82.3 Å². The molecule has 0 unspecified atom stereocenters. The average Bonchev–Trinajstić information content (AvgIpc) is 2.30. The van der Waals surface area contributed by atoms with E-state index >= 15 is 0 Å². The van der Waals surface area contributed by atoms with Crippen LogP contribution in [0.1, 0.15) is 17.7 Å². The zero-order valence-corrected chi connectivity index (χ0v) is 11.2.